The molecule has 0 saturated heterocycles. The summed E-state index contributed by atoms with van der Waals surface area (Å²) in [7, 11) is 0. The number of hydrogen-bond acceptors (Lipinski definition) is 3. The molecule has 0 saturated carbocycles. The minimum atomic E-state index is -1.50. The van der Waals surface area contributed by atoms with Gasteiger partial charge in [0.05, 0.1) is 6.20 Å². The van der Waals surface area contributed by atoms with Gasteiger partial charge in [-0.25, -0.2) is 9.78 Å². The van der Waals surface area contributed by atoms with E-state index in [1.54, 1.807) is 12.1 Å². The van der Waals surface area contributed by atoms with Crippen LogP contribution in [-0.4, -0.2) is 26.8 Å². The number of aromatic amines is 1. The van der Waals surface area contributed by atoms with E-state index in [2.05, 4.69) is 25.9 Å². The molecule has 1 aromatic heterocycles. The van der Waals surface area contributed by atoms with Crippen molar-refractivity contribution in [2.75, 3.05) is 0 Å². The molecule has 0 unspecified atom stereocenters. The van der Waals surface area contributed by atoms with Crippen molar-refractivity contribution in [3.05, 3.63) is 40.6 Å². The summed E-state index contributed by atoms with van der Waals surface area (Å²) in [4.78, 5) is 28.3. The first kappa shape index (κ1) is 11.5. The Morgan fingerprint density at radius 1 is 1.24 bits per heavy atom. The number of nitrogens with one attached hydrogen (secondary N) is 1. The minimum absolute atomic E-state index is 0.0320. The van der Waals surface area contributed by atoms with Gasteiger partial charge in [0.2, 0.25) is 0 Å². The van der Waals surface area contributed by atoms with E-state index in [1.165, 1.54) is 6.20 Å². The maximum absolute atomic E-state index is 11.2. The van der Waals surface area contributed by atoms with E-state index >= 15 is 0 Å². The third-order valence-corrected chi connectivity index (χ3v) is 2.66. The highest BCUT2D eigenvalue weighted by atomic mass is 79.9. The number of carbonyl (C=O) groups is 2. The van der Waals surface area contributed by atoms with Gasteiger partial charge in [-0.05, 0) is 12.1 Å². The number of ketones is 1. The first-order valence-corrected chi connectivity index (χ1v) is 5.46. The van der Waals surface area contributed by atoms with Gasteiger partial charge in [-0.1, -0.05) is 28.1 Å². The van der Waals surface area contributed by atoms with Crippen LogP contribution in [0.2, 0.25) is 0 Å². The van der Waals surface area contributed by atoms with Crippen LogP contribution in [-0.2, 0) is 4.79 Å². The number of imidazole rings is 1. The molecule has 1 aromatic carbocycles. The van der Waals surface area contributed by atoms with Crippen LogP contribution in [0.25, 0.3) is 11.4 Å². The molecule has 2 aromatic rings. The Hall–Kier alpha value is -1.95. The third kappa shape index (κ3) is 2.42. The molecule has 17 heavy (non-hydrogen) atoms. The molecule has 5 nitrogen and oxygen atoms in total. The summed E-state index contributed by atoms with van der Waals surface area (Å²) in [6.45, 7) is 0. The smallest absolute Gasteiger partial charge is 0.378 e. The second kappa shape index (κ2) is 4.50. The first-order chi connectivity index (χ1) is 8.08. The van der Waals surface area contributed by atoms with Crippen molar-refractivity contribution in [3.8, 4) is 11.4 Å². The number of aliphatic carboxylic acids is 1. The zero-order valence-corrected chi connectivity index (χ0v) is 10.1. The number of aromatic nitrogens is 2. The molecule has 0 bridgehead atoms. The van der Waals surface area contributed by atoms with Crippen LogP contribution in [0.3, 0.4) is 0 Å². The van der Waals surface area contributed by atoms with Crippen LogP contribution in [0, 0.1) is 0 Å². The van der Waals surface area contributed by atoms with Gasteiger partial charge in [-0.3, -0.25) is 4.79 Å². The lowest BCUT2D eigenvalue weighted by Crippen LogP contribution is -2.12. The van der Waals surface area contributed by atoms with E-state index in [-0.39, 0.29) is 5.69 Å². The molecule has 0 aliphatic heterocycles. The van der Waals surface area contributed by atoms with E-state index in [0.717, 1.165) is 10.0 Å². The van der Waals surface area contributed by atoms with Crippen LogP contribution >= 0.6 is 15.9 Å². The number of halogens is 1. The zero-order chi connectivity index (χ0) is 12.4. The zero-order valence-electron chi connectivity index (χ0n) is 8.48. The largest absolute Gasteiger partial charge is 0.475 e. The van der Waals surface area contributed by atoms with Gasteiger partial charge in [-0.15, -0.1) is 0 Å². The fourth-order valence-electron chi connectivity index (χ4n) is 1.31. The van der Waals surface area contributed by atoms with Gasteiger partial charge in [0.25, 0.3) is 5.78 Å². The van der Waals surface area contributed by atoms with Crippen LogP contribution in [0.15, 0.2) is 34.9 Å². The van der Waals surface area contributed by atoms with Crippen molar-refractivity contribution in [3.63, 3.8) is 0 Å². The molecule has 0 atom stereocenters. The summed E-state index contributed by atoms with van der Waals surface area (Å²) in [5.41, 5.74) is 0.744. The molecule has 0 aliphatic carbocycles. The Morgan fingerprint density at radius 3 is 2.47 bits per heavy atom. The van der Waals surface area contributed by atoms with Crippen LogP contribution in [0.4, 0.5) is 0 Å². The predicted octanol–water partition coefficient (Wildman–Crippen LogP) is 2.11. The average Bonchev–Trinajstić information content (AvgIpc) is 2.78. The number of hydrogen-bond donors (Lipinski definition) is 2. The number of nitrogens with zero attached hydrogens (tertiary/aromatic N) is 1. The molecule has 0 aliphatic rings. The number of carbonyl (C=O) groups excluding carboxylic acids is 1. The Kier molecular flexibility index (Phi) is 3.06. The standard InChI is InChI=1S/C11H7BrN2O3/c12-7-3-1-6(2-4-7)10-13-5-8(14-10)9(15)11(16)17/h1-5H,(H,13,14)(H,16,17). The van der Waals surface area contributed by atoms with E-state index in [4.69, 9.17) is 5.11 Å². The van der Waals surface area contributed by atoms with E-state index in [0.29, 0.717) is 5.82 Å². The van der Waals surface area contributed by atoms with Crippen LogP contribution in [0.5, 0.6) is 0 Å². The summed E-state index contributed by atoms with van der Waals surface area (Å²) in [6.07, 6.45) is 1.22. The monoisotopic (exact) mass is 294 g/mol. The molecule has 86 valence electrons. The molecule has 0 radical (unpaired) electrons. The lowest BCUT2D eigenvalue weighted by atomic mass is 10.2. The van der Waals surface area contributed by atoms with Crippen LogP contribution < -0.4 is 0 Å². The Morgan fingerprint density at radius 2 is 1.88 bits per heavy atom. The van der Waals surface area contributed by atoms with Gasteiger partial charge in [0.15, 0.2) is 0 Å². The summed E-state index contributed by atoms with van der Waals surface area (Å²) >= 11 is 3.30. The maximum Gasteiger partial charge on any atom is 0.378 e. The highest BCUT2D eigenvalue weighted by molar-refractivity contribution is 9.10. The molecule has 0 spiro atoms. The summed E-state index contributed by atoms with van der Waals surface area (Å²) < 4.78 is 0.926. The Balaban J connectivity index is 2.33. The summed E-state index contributed by atoms with van der Waals surface area (Å²) in [5.74, 6) is -2.04. The van der Waals surface area contributed by atoms with E-state index < -0.39 is 11.8 Å². The number of carboxylic acids is 1. The quantitative estimate of drug-likeness (QED) is 0.671. The molecular weight excluding hydrogens is 288 g/mol. The van der Waals surface area contributed by atoms with Gasteiger partial charge in [0, 0.05) is 10.0 Å². The summed E-state index contributed by atoms with van der Waals surface area (Å²) in [6, 6.07) is 7.27. The van der Waals surface area contributed by atoms with Gasteiger partial charge in [0.1, 0.15) is 11.5 Å². The Bertz CT molecular complexity index is 575. The fraction of sp³-hybridized carbons (Fsp3) is 0. The number of rotatable bonds is 3. The van der Waals surface area contributed by atoms with Crippen molar-refractivity contribution in [2.45, 2.75) is 0 Å². The van der Waals surface area contributed by atoms with Gasteiger partial charge >= 0.3 is 5.97 Å². The van der Waals surface area contributed by atoms with Gasteiger partial charge in [-0.2, -0.15) is 0 Å². The molecule has 2 N–H and O–H groups in total. The van der Waals surface area contributed by atoms with Crippen molar-refractivity contribution in [1.29, 1.82) is 0 Å². The predicted molar refractivity (Wildman–Crippen MR) is 63.7 cm³/mol. The number of carboxylic acid groups (broad SMARTS) is 1. The van der Waals surface area contributed by atoms with Crippen molar-refractivity contribution in [2.24, 2.45) is 0 Å². The number of H-pyrrole nitrogens is 1. The second-order valence-corrected chi connectivity index (χ2v) is 4.20. The first-order valence-electron chi connectivity index (χ1n) is 4.66. The van der Waals surface area contributed by atoms with E-state index in [9.17, 15) is 9.59 Å². The highest BCUT2D eigenvalue weighted by Gasteiger charge is 2.17. The summed E-state index contributed by atoms with van der Waals surface area (Å²) in [5, 5.41) is 8.55. The molecule has 1 heterocycles. The molecule has 2 rings (SSSR count). The van der Waals surface area contributed by atoms with Crippen molar-refractivity contribution < 1.29 is 14.7 Å². The Labute approximate surface area is 105 Å². The maximum atomic E-state index is 11.2. The molecule has 0 amide bonds. The average molecular weight is 295 g/mol. The molecule has 0 fully saturated rings. The lowest BCUT2D eigenvalue weighted by molar-refractivity contribution is -0.131. The minimum Gasteiger partial charge on any atom is -0.475 e. The number of Topliss-reactive ketones (excluding diaryl/α,β-unsaturated/α-hetero) is 1. The highest BCUT2D eigenvalue weighted by Crippen LogP contribution is 2.19. The van der Waals surface area contributed by atoms with Crippen molar-refractivity contribution in [1.82, 2.24) is 9.97 Å². The van der Waals surface area contributed by atoms with Crippen molar-refractivity contribution >= 4 is 27.7 Å². The normalized spacial score (nSPS) is 10.2. The van der Waals surface area contributed by atoms with E-state index in [1.807, 2.05) is 12.1 Å². The SMILES string of the molecule is O=C(O)C(=O)c1cnc(-c2ccc(Br)cc2)[nH]1. The topological polar surface area (TPSA) is 83.0 Å². The second-order valence-electron chi connectivity index (χ2n) is 3.29. The third-order valence-electron chi connectivity index (χ3n) is 2.13. The fourth-order valence-corrected chi connectivity index (χ4v) is 1.57. The molecular formula is C11H7BrN2O3. The van der Waals surface area contributed by atoms with Crippen LogP contribution in [0.1, 0.15) is 10.5 Å². The van der Waals surface area contributed by atoms with Gasteiger partial charge < -0.3 is 10.1 Å². The lowest BCUT2D eigenvalue weighted by Gasteiger charge is -1.96. The number of benzene rings is 1. The molecule has 6 heteroatoms.